The first-order chi connectivity index (χ1) is 41.2. The van der Waals surface area contributed by atoms with Gasteiger partial charge in [0.2, 0.25) is 35.4 Å². The molecule has 0 unspecified atom stereocenters. The lowest BCUT2D eigenvalue weighted by molar-refractivity contribution is -0.138. The highest BCUT2D eigenvalue weighted by atomic mass is 16.4. The van der Waals surface area contributed by atoms with E-state index in [4.69, 9.17) is 65.0 Å². The number of carbonyl (C=O) groups is 12. The van der Waals surface area contributed by atoms with Crippen LogP contribution < -0.4 is 34.4 Å². The van der Waals surface area contributed by atoms with E-state index in [1.54, 1.807) is 72.8 Å². The van der Waals surface area contributed by atoms with Crippen LogP contribution in [0.25, 0.3) is 0 Å². The molecule has 0 saturated carbocycles. The van der Waals surface area contributed by atoms with E-state index in [0.717, 1.165) is 0 Å². The highest BCUT2D eigenvalue weighted by Crippen LogP contribution is 2.05. The van der Waals surface area contributed by atoms with E-state index < -0.39 is 71.3 Å². The molecule has 87 heavy (non-hydrogen) atoms. The Morgan fingerprint density at radius 1 is 0.218 bits per heavy atom. The van der Waals surface area contributed by atoms with Crippen LogP contribution in [-0.2, 0) is 28.8 Å². The Kier molecular flexibility index (Phi) is 48.2. The van der Waals surface area contributed by atoms with Crippen LogP contribution >= 0.6 is 0 Å². The van der Waals surface area contributed by atoms with E-state index in [1.807, 2.05) is 0 Å². The normalized spacial score (nSPS) is 9.10. The van der Waals surface area contributed by atoms with Crippen molar-refractivity contribution < 1.29 is 88.2 Å². The zero-order valence-electron chi connectivity index (χ0n) is 47.2. The smallest absolute Gasteiger partial charge is 0.303 e. The van der Waals surface area contributed by atoms with Crippen LogP contribution in [0.4, 0.5) is 0 Å². The van der Waals surface area contributed by atoms with Crippen molar-refractivity contribution in [1.82, 2.24) is 29.9 Å². The third-order valence-corrected chi connectivity index (χ3v) is 9.63. The Balaban J connectivity index is -0.000000913. The van der Waals surface area contributed by atoms with Crippen molar-refractivity contribution in [2.45, 2.75) is 96.3 Å². The quantitative estimate of drug-likeness (QED) is 0.0374. The van der Waals surface area contributed by atoms with E-state index in [0.29, 0.717) is 91.2 Å². The lowest BCUT2D eigenvalue weighted by atomic mass is 10.1. The van der Waals surface area contributed by atoms with Gasteiger partial charge < -0.3 is 65.0 Å². The molecule has 0 spiro atoms. The van der Waals surface area contributed by atoms with Crippen molar-refractivity contribution >= 4 is 71.3 Å². The van der Waals surface area contributed by atoms with Crippen LogP contribution in [0.1, 0.15) is 158 Å². The highest BCUT2D eigenvalue weighted by Gasteiger charge is 2.03. The summed E-state index contributed by atoms with van der Waals surface area (Å²) in [5.41, 5.74) is 32.6. The van der Waals surface area contributed by atoms with Crippen molar-refractivity contribution in [3.8, 4) is 0 Å². The second-order valence-electron chi connectivity index (χ2n) is 16.6. The molecule has 30 heteroatoms. The van der Waals surface area contributed by atoms with Gasteiger partial charge in [-0.1, -0.05) is 19.3 Å². The van der Waals surface area contributed by atoms with Gasteiger partial charge in [0.05, 0.1) is 0 Å². The monoisotopic (exact) mass is 1210 g/mol. The number of carboxylic acids is 6. The van der Waals surface area contributed by atoms with Gasteiger partial charge in [-0.3, -0.25) is 87.4 Å². The topological polar surface area (TPSA) is 560 Å². The van der Waals surface area contributed by atoms with E-state index in [-0.39, 0.29) is 38.5 Å². The van der Waals surface area contributed by atoms with Gasteiger partial charge in [-0.05, 0) is 111 Å². The lowest BCUT2D eigenvalue weighted by Crippen LogP contribution is -2.10. The molecule has 0 atom stereocenters. The Hall–Kier alpha value is -11.5. The summed E-state index contributed by atoms with van der Waals surface area (Å²) in [7, 11) is 0. The number of nitrogens with zero attached hydrogens (tertiary/aromatic N) is 6. The molecule has 0 radical (unpaired) electrons. The van der Waals surface area contributed by atoms with Crippen LogP contribution in [-0.4, -0.2) is 132 Å². The summed E-state index contributed by atoms with van der Waals surface area (Å²) in [5.74, 6) is -7.43. The third-order valence-electron chi connectivity index (χ3n) is 9.63. The van der Waals surface area contributed by atoms with E-state index in [1.165, 1.54) is 74.4 Å². The zero-order valence-corrected chi connectivity index (χ0v) is 47.2. The molecule has 0 bridgehead atoms. The molecule has 6 heterocycles. The molecular formula is C57H72N12O18. The summed E-state index contributed by atoms with van der Waals surface area (Å²) < 4.78 is 0. The van der Waals surface area contributed by atoms with Crippen LogP contribution in [0, 0.1) is 0 Å². The first-order valence-corrected chi connectivity index (χ1v) is 25.7. The number of nitrogens with two attached hydrogens (primary N) is 6. The fraction of sp³-hybridized carbons (Fsp3) is 0.263. The number of carbonyl (C=O) groups excluding carboxylic acids is 6. The minimum Gasteiger partial charge on any atom is -0.481 e. The number of aliphatic carboxylic acids is 6. The summed E-state index contributed by atoms with van der Waals surface area (Å²) in [6.45, 7) is 0. The minimum atomic E-state index is -0.819. The van der Waals surface area contributed by atoms with Gasteiger partial charge >= 0.3 is 35.8 Å². The fourth-order valence-corrected chi connectivity index (χ4v) is 5.28. The molecule has 0 aromatic carbocycles. The van der Waals surface area contributed by atoms with E-state index in [9.17, 15) is 57.5 Å². The van der Waals surface area contributed by atoms with Crippen molar-refractivity contribution in [3.05, 3.63) is 181 Å². The molecule has 0 aliphatic rings. The van der Waals surface area contributed by atoms with E-state index in [2.05, 4.69) is 29.9 Å². The van der Waals surface area contributed by atoms with Crippen molar-refractivity contribution in [1.29, 1.82) is 0 Å². The van der Waals surface area contributed by atoms with Crippen LogP contribution in [0.2, 0.25) is 0 Å². The Bertz CT molecular complexity index is 2430. The number of amides is 6. The molecule has 30 nitrogen and oxygen atoms in total. The zero-order chi connectivity index (χ0) is 66.2. The van der Waals surface area contributed by atoms with Crippen LogP contribution in [0.3, 0.4) is 0 Å². The molecule has 6 rings (SSSR count). The largest absolute Gasteiger partial charge is 0.481 e. The maximum Gasteiger partial charge on any atom is 0.303 e. The number of rotatable bonds is 24. The molecular weight excluding hydrogens is 1140 g/mol. The molecule has 468 valence electrons. The van der Waals surface area contributed by atoms with Gasteiger partial charge in [-0.2, -0.15) is 0 Å². The summed E-state index contributed by atoms with van der Waals surface area (Å²) in [4.78, 5) is 145. The Morgan fingerprint density at radius 3 is 0.391 bits per heavy atom. The van der Waals surface area contributed by atoms with Gasteiger partial charge in [0, 0.05) is 146 Å². The summed E-state index contributed by atoms with van der Waals surface area (Å²) in [6, 6.07) is 18.9. The number of aromatic nitrogens is 6. The number of hydrogen-bond acceptors (Lipinski definition) is 18. The Labute approximate surface area is 499 Å². The van der Waals surface area contributed by atoms with Gasteiger partial charge in [0.25, 0.3) is 0 Å². The molecule has 6 amide bonds. The summed E-state index contributed by atoms with van der Waals surface area (Å²) in [6.07, 6.45) is 24.6. The Morgan fingerprint density at radius 2 is 0.322 bits per heavy atom. The number of primary amides is 6. The second-order valence-corrected chi connectivity index (χ2v) is 16.6. The predicted molar refractivity (Wildman–Crippen MR) is 312 cm³/mol. The molecule has 0 fully saturated rings. The maximum atomic E-state index is 10.4. The number of unbranched alkanes of at least 4 members (excludes halogenated alkanes) is 6. The fourth-order valence-electron chi connectivity index (χ4n) is 5.28. The predicted octanol–water partition coefficient (Wildman–Crippen LogP) is 4.40. The van der Waals surface area contributed by atoms with E-state index >= 15 is 0 Å². The molecule has 6 aromatic rings. The average molecular weight is 1210 g/mol. The molecule has 0 saturated heterocycles. The molecule has 0 aliphatic heterocycles. The number of hydrogen-bond donors (Lipinski definition) is 12. The van der Waals surface area contributed by atoms with Gasteiger partial charge in [-0.15, -0.1) is 0 Å². The standard InChI is InChI=1S/3C7H12O4.6C6H6N2O/c3*8-6(9)4-2-1-3-5-7(10)11;6*7-6(9)5-1-3-8-4-2-5/h3*1-5H2,(H,8,9)(H,10,11);6*1-4H,(H2,7,9). The lowest BCUT2D eigenvalue weighted by Gasteiger charge is -1.94. The summed E-state index contributed by atoms with van der Waals surface area (Å²) >= 11 is 0. The summed E-state index contributed by atoms with van der Waals surface area (Å²) in [5, 5.41) is 49.2. The molecule has 18 N–H and O–H groups in total. The number of pyridine rings is 6. The third kappa shape index (κ3) is 54.9. The SMILES string of the molecule is NC(=O)c1ccncc1.NC(=O)c1ccncc1.NC(=O)c1ccncc1.NC(=O)c1ccncc1.NC(=O)c1ccncc1.NC(=O)c1ccncc1.O=C(O)CCCCCC(=O)O.O=C(O)CCCCCC(=O)O.O=C(O)CCCCCC(=O)O. The first-order valence-electron chi connectivity index (χ1n) is 25.7. The van der Waals surface area contributed by atoms with Crippen molar-refractivity contribution in [2.24, 2.45) is 34.4 Å². The van der Waals surface area contributed by atoms with Crippen molar-refractivity contribution in [2.75, 3.05) is 0 Å². The second kappa shape index (κ2) is 52.6. The minimum absolute atomic E-state index is 0.139. The van der Waals surface area contributed by atoms with Gasteiger partial charge in [0.1, 0.15) is 0 Å². The van der Waals surface area contributed by atoms with Crippen LogP contribution in [0.15, 0.2) is 147 Å². The molecule has 0 aliphatic carbocycles. The maximum absolute atomic E-state index is 10.4. The van der Waals surface area contributed by atoms with Gasteiger partial charge in [-0.25, -0.2) is 0 Å². The number of carboxylic acid groups (broad SMARTS) is 6. The highest BCUT2D eigenvalue weighted by molar-refractivity contribution is 5.94. The van der Waals surface area contributed by atoms with Crippen molar-refractivity contribution in [3.63, 3.8) is 0 Å². The average Bonchev–Trinajstić information content (AvgIpc) is 3.50. The molecule has 6 aromatic heterocycles. The first kappa shape index (κ1) is 79.8. The van der Waals surface area contributed by atoms with Crippen LogP contribution in [0.5, 0.6) is 0 Å². The van der Waals surface area contributed by atoms with Gasteiger partial charge in [0.15, 0.2) is 0 Å².